The van der Waals surface area contributed by atoms with Crippen molar-refractivity contribution in [2.24, 2.45) is 13.8 Å². The Morgan fingerprint density at radius 2 is 2.12 bits per heavy atom. The van der Waals surface area contributed by atoms with E-state index >= 15 is 0 Å². The fourth-order valence-corrected chi connectivity index (χ4v) is 4.65. The number of thiazole rings is 1. The predicted molar refractivity (Wildman–Crippen MR) is 101 cm³/mol. The van der Waals surface area contributed by atoms with Gasteiger partial charge in [0, 0.05) is 49.3 Å². The minimum atomic E-state index is -3.73. The quantitative estimate of drug-likeness (QED) is 0.366. The molecule has 1 aromatic rings. The van der Waals surface area contributed by atoms with Crippen LogP contribution >= 0.6 is 23.1 Å². The summed E-state index contributed by atoms with van der Waals surface area (Å²) in [5, 5.41) is 14.3. The lowest BCUT2D eigenvalue weighted by Crippen LogP contribution is -2.37. The predicted octanol–water partition coefficient (Wildman–Crippen LogP) is -1.45. The molecule has 138 valence electrons. The molecule has 3 heterocycles. The summed E-state index contributed by atoms with van der Waals surface area (Å²) >= 11 is 3.31. The molecule has 0 radical (unpaired) electrons. The monoisotopic (exact) mass is 404 g/mol. The largest absolute Gasteiger partial charge is 0.369 e. The van der Waals surface area contributed by atoms with Crippen LogP contribution in [0.15, 0.2) is 19.2 Å². The third kappa shape index (κ3) is 5.28. The highest BCUT2D eigenvalue weighted by Crippen LogP contribution is 2.10. The molecule has 0 amide bonds. The Hall–Kier alpha value is -1.41. The Morgan fingerprint density at radius 1 is 1.36 bits per heavy atom. The number of hydrogen-bond acceptors (Lipinski definition) is 9. The van der Waals surface area contributed by atoms with Crippen molar-refractivity contribution in [1.29, 1.82) is 0 Å². The molecule has 0 spiro atoms. The van der Waals surface area contributed by atoms with Crippen LogP contribution in [0.5, 0.6) is 0 Å². The summed E-state index contributed by atoms with van der Waals surface area (Å²) in [5.41, 5.74) is 1.12. The number of likely N-dealkylation sites (N-methyl/N-ethyl adjacent to an activating group) is 1. The zero-order valence-corrected chi connectivity index (χ0v) is 16.0. The van der Waals surface area contributed by atoms with Gasteiger partial charge in [0.2, 0.25) is 0 Å². The SMILES string of the molecule is CNC1=NS(=O)(=O)N=C1NCCSCc1cs/c(=N/C2NCCN2)[nH]1. The van der Waals surface area contributed by atoms with Gasteiger partial charge in [-0.2, -0.15) is 20.2 Å². The van der Waals surface area contributed by atoms with Crippen molar-refractivity contribution in [3.63, 3.8) is 0 Å². The number of thioether (sulfide) groups is 1. The molecule has 0 atom stereocenters. The molecule has 1 saturated heterocycles. The van der Waals surface area contributed by atoms with Gasteiger partial charge < -0.3 is 15.6 Å². The maximum atomic E-state index is 11.3. The van der Waals surface area contributed by atoms with Gasteiger partial charge in [-0.3, -0.25) is 10.6 Å². The molecule has 10 nitrogen and oxygen atoms in total. The lowest BCUT2D eigenvalue weighted by atomic mass is 10.5. The van der Waals surface area contributed by atoms with Crippen molar-refractivity contribution in [3.8, 4) is 0 Å². The number of hydrogen-bond donors (Lipinski definition) is 5. The summed E-state index contributed by atoms with van der Waals surface area (Å²) < 4.78 is 29.7. The van der Waals surface area contributed by atoms with Crippen LogP contribution < -0.4 is 26.1 Å². The fourth-order valence-electron chi connectivity index (χ4n) is 2.20. The van der Waals surface area contributed by atoms with Crippen molar-refractivity contribution < 1.29 is 8.42 Å². The van der Waals surface area contributed by atoms with E-state index in [9.17, 15) is 8.42 Å². The van der Waals surface area contributed by atoms with Crippen LogP contribution in [-0.4, -0.2) is 63.8 Å². The summed E-state index contributed by atoms with van der Waals surface area (Å²) in [6.07, 6.45) is -0.00824. The maximum Gasteiger partial charge on any atom is 0.367 e. The smallest absolute Gasteiger partial charge is 0.367 e. The highest BCUT2D eigenvalue weighted by atomic mass is 32.2. The minimum absolute atomic E-state index is 0.00824. The first-order valence-electron chi connectivity index (χ1n) is 7.67. The summed E-state index contributed by atoms with van der Waals surface area (Å²) in [6, 6.07) is 0. The first kappa shape index (κ1) is 18.4. The van der Waals surface area contributed by atoms with Crippen LogP contribution in [0, 0.1) is 0 Å². The van der Waals surface area contributed by atoms with Crippen LogP contribution in [0.25, 0.3) is 0 Å². The summed E-state index contributed by atoms with van der Waals surface area (Å²) in [6.45, 7) is 2.46. The lowest BCUT2D eigenvalue weighted by Gasteiger charge is -2.06. The molecule has 0 unspecified atom stereocenters. The zero-order valence-electron chi connectivity index (χ0n) is 13.6. The molecule has 2 aliphatic rings. The van der Waals surface area contributed by atoms with Gasteiger partial charge in [0.05, 0.1) is 0 Å². The first-order chi connectivity index (χ1) is 12.1. The highest BCUT2D eigenvalue weighted by molar-refractivity contribution is 7.98. The van der Waals surface area contributed by atoms with Crippen molar-refractivity contribution in [3.05, 3.63) is 15.9 Å². The molecule has 1 fully saturated rings. The summed E-state index contributed by atoms with van der Waals surface area (Å²) in [5.74, 6) is 2.15. The van der Waals surface area contributed by atoms with Gasteiger partial charge in [-0.05, 0) is 0 Å². The molecule has 25 heavy (non-hydrogen) atoms. The first-order valence-corrected chi connectivity index (χ1v) is 11.1. The van der Waals surface area contributed by atoms with Crippen molar-refractivity contribution in [1.82, 2.24) is 26.3 Å². The van der Waals surface area contributed by atoms with E-state index in [4.69, 9.17) is 0 Å². The van der Waals surface area contributed by atoms with E-state index in [-0.39, 0.29) is 18.0 Å². The van der Waals surface area contributed by atoms with Gasteiger partial charge in [-0.1, -0.05) is 0 Å². The molecule has 3 rings (SSSR count). The second kappa shape index (κ2) is 8.31. The minimum Gasteiger partial charge on any atom is -0.369 e. The summed E-state index contributed by atoms with van der Waals surface area (Å²) in [4.78, 5) is 8.72. The van der Waals surface area contributed by atoms with Crippen molar-refractivity contribution in [2.45, 2.75) is 12.0 Å². The molecule has 0 aliphatic carbocycles. The van der Waals surface area contributed by atoms with E-state index in [1.807, 2.05) is 0 Å². The van der Waals surface area contributed by atoms with E-state index in [0.29, 0.717) is 6.54 Å². The summed E-state index contributed by atoms with van der Waals surface area (Å²) in [7, 11) is -2.12. The topological polar surface area (TPSA) is 135 Å². The molecular weight excluding hydrogens is 384 g/mol. The average molecular weight is 405 g/mol. The Labute approximate surface area is 153 Å². The molecule has 0 saturated carbocycles. The number of aromatic nitrogens is 1. The second-order valence-electron chi connectivity index (χ2n) is 5.19. The van der Waals surface area contributed by atoms with E-state index in [0.717, 1.165) is 35.1 Å². The Morgan fingerprint density at radius 3 is 2.88 bits per heavy atom. The number of aromatic amines is 1. The van der Waals surface area contributed by atoms with Crippen LogP contribution in [0.3, 0.4) is 0 Å². The van der Waals surface area contributed by atoms with Gasteiger partial charge in [0.1, 0.15) is 0 Å². The van der Waals surface area contributed by atoms with E-state index in [1.54, 1.807) is 30.1 Å². The van der Waals surface area contributed by atoms with Crippen molar-refractivity contribution in [2.75, 3.05) is 32.4 Å². The Bertz CT molecular complexity index is 819. The van der Waals surface area contributed by atoms with Crippen molar-refractivity contribution >= 4 is 45.0 Å². The molecule has 2 aliphatic heterocycles. The number of H-pyrrole nitrogens is 1. The number of nitrogens with zero attached hydrogens (tertiary/aromatic N) is 3. The third-order valence-electron chi connectivity index (χ3n) is 3.30. The van der Waals surface area contributed by atoms with Gasteiger partial charge in [0.25, 0.3) is 0 Å². The lowest BCUT2D eigenvalue weighted by molar-refractivity contribution is 0.566. The van der Waals surface area contributed by atoms with Crippen LogP contribution in [0.2, 0.25) is 0 Å². The van der Waals surface area contributed by atoms with E-state index in [1.165, 1.54) is 0 Å². The van der Waals surface area contributed by atoms with Crippen LogP contribution in [0.4, 0.5) is 0 Å². The number of rotatable bonds is 6. The average Bonchev–Trinajstić information content (AvgIpc) is 3.28. The van der Waals surface area contributed by atoms with E-state index in [2.05, 4.69) is 45.4 Å². The van der Waals surface area contributed by atoms with Gasteiger partial charge >= 0.3 is 10.2 Å². The van der Waals surface area contributed by atoms with Crippen LogP contribution in [-0.2, 0) is 16.0 Å². The zero-order chi connectivity index (χ0) is 17.7. The molecule has 0 bridgehead atoms. The molecule has 1 aromatic heterocycles. The van der Waals surface area contributed by atoms with Crippen LogP contribution in [0.1, 0.15) is 5.69 Å². The Kier molecular flexibility index (Phi) is 6.11. The third-order valence-corrected chi connectivity index (χ3v) is 5.97. The second-order valence-corrected chi connectivity index (χ2v) is 8.41. The van der Waals surface area contributed by atoms with Gasteiger partial charge in [-0.15, -0.1) is 20.1 Å². The number of amidine groups is 2. The standard InChI is InChI=1S/C12H20N8O2S3/c1-13-9-10(20-25(21,22)19-9)14-4-5-23-6-8-7-24-12(17-8)18-11-15-2-3-16-11/h7,11,15-16H,2-6H2,1H3,(H,13,19)(H,14,20)(H,17,18). The molecule has 13 heteroatoms. The fraction of sp³-hybridized carbons (Fsp3) is 0.583. The highest BCUT2D eigenvalue weighted by Gasteiger charge is 2.22. The molecule has 0 aromatic carbocycles. The molecular formula is C12H20N8O2S3. The Balaban J connectivity index is 1.41. The van der Waals surface area contributed by atoms with Gasteiger partial charge in [0.15, 0.2) is 22.8 Å². The van der Waals surface area contributed by atoms with E-state index < -0.39 is 10.2 Å². The normalized spacial score (nSPS) is 20.6. The maximum absolute atomic E-state index is 11.3. The molecule has 5 N–H and O–H groups in total. The van der Waals surface area contributed by atoms with Gasteiger partial charge in [-0.25, -0.2) is 4.99 Å². The number of nitrogens with one attached hydrogen (secondary N) is 5.